The number of anilines is 1. The summed E-state index contributed by atoms with van der Waals surface area (Å²) >= 11 is 0. The molecule has 0 unspecified atom stereocenters. The van der Waals surface area contributed by atoms with E-state index in [0.29, 0.717) is 12.2 Å². The van der Waals surface area contributed by atoms with Crippen molar-refractivity contribution in [2.45, 2.75) is 13.5 Å². The quantitative estimate of drug-likeness (QED) is 0.835. The molecular formula is C11H11N3O3. The summed E-state index contributed by atoms with van der Waals surface area (Å²) in [5.41, 5.74) is 1.44. The van der Waals surface area contributed by atoms with Crippen molar-refractivity contribution < 1.29 is 14.4 Å². The van der Waals surface area contributed by atoms with Gasteiger partial charge in [0.15, 0.2) is 0 Å². The second kappa shape index (κ2) is 4.65. The molecule has 0 aromatic carbocycles. The molecule has 0 saturated carbocycles. The molecule has 0 fully saturated rings. The number of carboxylic acid groups (broad SMARTS) is 1. The normalized spacial score (nSPS) is 10.2. The van der Waals surface area contributed by atoms with Crippen LogP contribution in [0.1, 0.15) is 21.9 Å². The van der Waals surface area contributed by atoms with Crippen LogP contribution in [0.15, 0.2) is 28.9 Å². The van der Waals surface area contributed by atoms with Crippen LogP contribution in [0, 0.1) is 6.92 Å². The summed E-state index contributed by atoms with van der Waals surface area (Å²) in [4.78, 5) is 14.4. The van der Waals surface area contributed by atoms with E-state index in [4.69, 9.17) is 9.63 Å². The first kappa shape index (κ1) is 11.1. The standard InChI is InChI=1S/C11H11N3O3/c1-7-4-9(14-17-7)6-13-8-2-3-12-10(5-8)11(15)16/h2-5H,6H2,1H3,(H,12,13)(H,15,16). The van der Waals surface area contributed by atoms with Crippen molar-refractivity contribution >= 4 is 11.7 Å². The van der Waals surface area contributed by atoms with Crippen molar-refractivity contribution in [2.75, 3.05) is 5.32 Å². The summed E-state index contributed by atoms with van der Waals surface area (Å²) in [5.74, 6) is -0.311. The van der Waals surface area contributed by atoms with Gasteiger partial charge in [0.2, 0.25) is 0 Å². The lowest BCUT2D eigenvalue weighted by Gasteiger charge is -2.03. The number of nitrogens with one attached hydrogen (secondary N) is 1. The van der Waals surface area contributed by atoms with Gasteiger partial charge in [-0.05, 0) is 19.1 Å². The molecular weight excluding hydrogens is 222 g/mol. The van der Waals surface area contributed by atoms with E-state index in [9.17, 15) is 4.79 Å². The molecule has 17 heavy (non-hydrogen) atoms. The van der Waals surface area contributed by atoms with Gasteiger partial charge in [0, 0.05) is 18.0 Å². The van der Waals surface area contributed by atoms with Crippen molar-refractivity contribution in [1.29, 1.82) is 0 Å². The van der Waals surface area contributed by atoms with E-state index in [1.165, 1.54) is 12.3 Å². The zero-order chi connectivity index (χ0) is 12.3. The smallest absolute Gasteiger partial charge is 0.354 e. The molecule has 0 radical (unpaired) electrons. The molecule has 0 spiro atoms. The summed E-state index contributed by atoms with van der Waals surface area (Å²) in [7, 11) is 0. The largest absolute Gasteiger partial charge is 0.477 e. The average Bonchev–Trinajstić information content (AvgIpc) is 2.73. The highest BCUT2D eigenvalue weighted by atomic mass is 16.5. The predicted octanol–water partition coefficient (Wildman–Crippen LogP) is 1.69. The van der Waals surface area contributed by atoms with Crippen LogP contribution in [0.25, 0.3) is 0 Å². The second-order valence-electron chi connectivity index (χ2n) is 3.52. The average molecular weight is 233 g/mol. The lowest BCUT2D eigenvalue weighted by molar-refractivity contribution is 0.0690. The molecule has 6 heteroatoms. The fourth-order valence-electron chi connectivity index (χ4n) is 1.35. The lowest BCUT2D eigenvalue weighted by atomic mass is 10.3. The summed E-state index contributed by atoms with van der Waals surface area (Å²) in [5, 5.41) is 15.6. The van der Waals surface area contributed by atoms with Gasteiger partial charge in [-0.2, -0.15) is 0 Å². The Labute approximate surface area is 97.3 Å². The second-order valence-corrected chi connectivity index (χ2v) is 3.52. The van der Waals surface area contributed by atoms with Crippen LogP contribution in [-0.4, -0.2) is 21.2 Å². The zero-order valence-electron chi connectivity index (χ0n) is 9.17. The Hall–Kier alpha value is -2.37. The molecule has 0 atom stereocenters. The van der Waals surface area contributed by atoms with E-state index in [-0.39, 0.29) is 5.69 Å². The molecule has 6 nitrogen and oxygen atoms in total. The van der Waals surface area contributed by atoms with Crippen LogP contribution in [0.3, 0.4) is 0 Å². The van der Waals surface area contributed by atoms with Gasteiger partial charge < -0.3 is 14.9 Å². The van der Waals surface area contributed by atoms with E-state index in [2.05, 4.69) is 15.5 Å². The number of aryl methyl sites for hydroxylation is 1. The van der Waals surface area contributed by atoms with Gasteiger partial charge in [-0.15, -0.1) is 0 Å². The minimum Gasteiger partial charge on any atom is -0.477 e. The number of carboxylic acids is 1. The summed E-state index contributed by atoms with van der Waals surface area (Å²) < 4.78 is 4.92. The van der Waals surface area contributed by atoms with E-state index in [1.54, 1.807) is 6.07 Å². The summed E-state index contributed by atoms with van der Waals surface area (Å²) in [6.45, 7) is 2.28. The fourth-order valence-corrected chi connectivity index (χ4v) is 1.35. The Balaban J connectivity index is 2.04. The van der Waals surface area contributed by atoms with E-state index >= 15 is 0 Å². The van der Waals surface area contributed by atoms with Crippen molar-refractivity contribution in [2.24, 2.45) is 0 Å². The summed E-state index contributed by atoms with van der Waals surface area (Å²) in [6, 6.07) is 4.97. The molecule has 0 aliphatic heterocycles. The van der Waals surface area contributed by atoms with Gasteiger partial charge in [0.25, 0.3) is 0 Å². The maximum atomic E-state index is 10.7. The van der Waals surface area contributed by atoms with Crippen LogP contribution >= 0.6 is 0 Å². The van der Waals surface area contributed by atoms with Crippen molar-refractivity contribution in [3.8, 4) is 0 Å². The first-order valence-corrected chi connectivity index (χ1v) is 5.00. The van der Waals surface area contributed by atoms with E-state index in [0.717, 1.165) is 11.5 Å². The number of pyridine rings is 1. The van der Waals surface area contributed by atoms with Gasteiger partial charge >= 0.3 is 5.97 Å². The highest BCUT2D eigenvalue weighted by molar-refractivity contribution is 5.86. The molecule has 2 aromatic rings. The Kier molecular flexibility index (Phi) is 3.04. The van der Waals surface area contributed by atoms with Crippen molar-refractivity contribution in [3.63, 3.8) is 0 Å². The SMILES string of the molecule is Cc1cc(CNc2ccnc(C(=O)O)c2)no1. The molecule has 0 bridgehead atoms. The zero-order valence-corrected chi connectivity index (χ0v) is 9.17. The van der Waals surface area contributed by atoms with Crippen LogP contribution in [-0.2, 0) is 6.54 Å². The van der Waals surface area contributed by atoms with Gasteiger partial charge in [0.05, 0.1) is 6.54 Å². The fraction of sp³-hybridized carbons (Fsp3) is 0.182. The molecule has 0 aliphatic rings. The Bertz CT molecular complexity index is 536. The number of aromatic carboxylic acids is 1. The Morgan fingerprint density at radius 1 is 1.53 bits per heavy atom. The first-order valence-electron chi connectivity index (χ1n) is 5.00. The third kappa shape index (κ3) is 2.81. The van der Waals surface area contributed by atoms with Crippen molar-refractivity contribution in [3.05, 3.63) is 41.5 Å². The Morgan fingerprint density at radius 3 is 3.00 bits per heavy atom. The lowest BCUT2D eigenvalue weighted by Crippen LogP contribution is -2.03. The highest BCUT2D eigenvalue weighted by Gasteiger charge is 2.05. The van der Waals surface area contributed by atoms with Gasteiger partial charge in [-0.3, -0.25) is 0 Å². The first-order chi connectivity index (χ1) is 8.15. The van der Waals surface area contributed by atoms with Gasteiger partial charge in [0.1, 0.15) is 17.1 Å². The van der Waals surface area contributed by atoms with Crippen LogP contribution in [0.5, 0.6) is 0 Å². The number of hydrogen-bond acceptors (Lipinski definition) is 5. The van der Waals surface area contributed by atoms with Crippen LogP contribution in [0.2, 0.25) is 0 Å². The molecule has 2 rings (SSSR count). The monoisotopic (exact) mass is 233 g/mol. The predicted molar refractivity (Wildman–Crippen MR) is 59.8 cm³/mol. The maximum absolute atomic E-state index is 10.7. The summed E-state index contributed by atoms with van der Waals surface area (Å²) in [6.07, 6.45) is 1.44. The third-order valence-corrected chi connectivity index (χ3v) is 2.13. The van der Waals surface area contributed by atoms with Crippen LogP contribution < -0.4 is 5.32 Å². The third-order valence-electron chi connectivity index (χ3n) is 2.13. The minimum absolute atomic E-state index is 0.00586. The number of carbonyl (C=O) groups is 1. The number of hydrogen-bond donors (Lipinski definition) is 2. The van der Waals surface area contributed by atoms with E-state index < -0.39 is 5.97 Å². The van der Waals surface area contributed by atoms with Gasteiger partial charge in [-0.25, -0.2) is 9.78 Å². The molecule has 0 aliphatic carbocycles. The van der Waals surface area contributed by atoms with Crippen LogP contribution in [0.4, 0.5) is 5.69 Å². The molecule has 2 aromatic heterocycles. The maximum Gasteiger partial charge on any atom is 0.354 e. The molecule has 0 amide bonds. The Morgan fingerprint density at radius 2 is 2.35 bits per heavy atom. The number of rotatable bonds is 4. The molecule has 88 valence electrons. The highest BCUT2D eigenvalue weighted by Crippen LogP contribution is 2.10. The van der Waals surface area contributed by atoms with E-state index in [1.807, 2.05) is 13.0 Å². The molecule has 2 N–H and O–H groups in total. The van der Waals surface area contributed by atoms with Crippen molar-refractivity contribution in [1.82, 2.24) is 10.1 Å². The molecule has 2 heterocycles. The minimum atomic E-state index is -1.05. The number of aromatic nitrogens is 2. The molecule has 0 saturated heterocycles. The van der Waals surface area contributed by atoms with Gasteiger partial charge in [-0.1, -0.05) is 5.16 Å². The number of nitrogens with zero attached hydrogens (tertiary/aromatic N) is 2. The topological polar surface area (TPSA) is 88.2 Å².